The monoisotopic (exact) mass is 325 g/mol. The maximum Gasteiger partial charge on any atom is 0.136 e. The summed E-state index contributed by atoms with van der Waals surface area (Å²) >= 11 is 4.91. The van der Waals surface area contributed by atoms with Gasteiger partial charge in [-0.1, -0.05) is 28.1 Å². The van der Waals surface area contributed by atoms with Crippen LogP contribution in [0.2, 0.25) is 0 Å². The fourth-order valence-corrected chi connectivity index (χ4v) is 2.55. The molecule has 18 heavy (non-hydrogen) atoms. The first-order valence-corrected chi connectivity index (χ1v) is 7.40. The van der Waals surface area contributed by atoms with E-state index in [0.29, 0.717) is 4.90 Å². The van der Waals surface area contributed by atoms with Gasteiger partial charge in [0.05, 0.1) is 0 Å². The molecule has 2 rings (SSSR count). The van der Waals surface area contributed by atoms with Crippen LogP contribution in [0.25, 0.3) is 0 Å². The van der Waals surface area contributed by atoms with E-state index in [1.807, 2.05) is 30.3 Å². The minimum Gasteiger partial charge on any atom is -0.384 e. The van der Waals surface area contributed by atoms with Gasteiger partial charge in [-0.05, 0) is 36.4 Å². The van der Waals surface area contributed by atoms with Gasteiger partial charge in [-0.15, -0.1) is 11.8 Å². The number of thioether (sulfide) groups is 1. The number of benzene rings is 2. The van der Waals surface area contributed by atoms with Crippen molar-refractivity contribution in [2.45, 2.75) is 4.90 Å². The lowest BCUT2D eigenvalue weighted by molar-refractivity contribution is 0.602. The maximum absolute atomic E-state index is 13.3. The Hall–Kier alpha value is -1.00. The molecule has 0 saturated heterocycles. The molecule has 1 N–H and O–H groups in total. The van der Waals surface area contributed by atoms with Crippen LogP contribution in [0.15, 0.2) is 57.9 Å². The Bertz CT molecular complexity index is 501. The van der Waals surface area contributed by atoms with Crippen molar-refractivity contribution in [1.82, 2.24) is 0 Å². The highest BCUT2D eigenvalue weighted by atomic mass is 79.9. The van der Waals surface area contributed by atoms with Crippen LogP contribution in [0.1, 0.15) is 0 Å². The van der Waals surface area contributed by atoms with Crippen molar-refractivity contribution < 1.29 is 4.39 Å². The highest BCUT2D eigenvalue weighted by Gasteiger charge is 2.00. The molecule has 0 atom stereocenters. The van der Waals surface area contributed by atoms with Crippen LogP contribution in [0, 0.1) is 5.82 Å². The Morgan fingerprint density at radius 1 is 1.06 bits per heavy atom. The first-order valence-electron chi connectivity index (χ1n) is 5.62. The van der Waals surface area contributed by atoms with Crippen molar-refractivity contribution in [2.24, 2.45) is 0 Å². The SMILES string of the molecule is Fc1ccccc1SCCNc1ccc(Br)cc1. The topological polar surface area (TPSA) is 12.0 Å². The molecule has 0 amide bonds. The molecule has 0 fully saturated rings. The molecule has 0 spiro atoms. The van der Waals surface area contributed by atoms with Crippen LogP contribution in [-0.4, -0.2) is 12.3 Å². The van der Waals surface area contributed by atoms with Crippen LogP contribution in [-0.2, 0) is 0 Å². The highest BCUT2D eigenvalue weighted by Crippen LogP contribution is 2.21. The Kier molecular flexibility index (Phi) is 5.08. The van der Waals surface area contributed by atoms with Gasteiger partial charge < -0.3 is 5.32 Å². The number of anilines is 1. The van der Waals surface area contributed by atoms with E-state index in [1.165, 1.54) is 17.8 Å². The lowest BCUT2D eigenvalue weighted by Crippen LogP contribution is -2.03. The smallest absolute Gasteiger partial charge is 0.136 e. The summed E-state index contributed by atoms with van der Waals surface area (Å²) in [5, 5.41) is 3.30. The summed E-state index contributed by atoms with van der Waals surface area (Å²) in [5.74, 6) is 0.683. The normalized spacial score (nSPS) is 10.3. The van der Waals surface area contributed by atoms with E-state index in [9.17, 15) is 4.39 Å². The standard InChI is InChI=1S/C14H13BrFNS/c15-11-5-7-12(8-6-11)17-9-10-18-14-4-2-1-3-13(14)16/h1-8,17H,9-10H2. The zero-order valence-electron chi connectivity index (χ0n) is 9.70. The molecule has 1 nitrogen and oxygen atoms in total. The van der Waals surface area contributed by atoms with Crippen LogP contribution in [0.3, 0.4) is 0 Å². The molecule has 0 heterocycles. The third kappa shape index (κ3) is 4.03. The molecule has 0 unspecified atom stereocenters. The summed E-state index contributed by atoms with van der Waals surface area (Å²) < 4.78 is 14.4. The minimum atomic E-state index is -0.147. The van der Waals surface area contributed by atoms with Gasteiger partial charge in [-0.3, -0.25) is 0 Å². The average Bonchev–Trinajstić information content (AvgIpc) is 2.39. The second-order valence-corrected chi connectivity index (χ2v) is 5.76. The van der Waals surface area contributed by atoms with E-state index in [1.54, 1.807) is 12.1 Å². The summed E-state index contributed by atoms with van der Waals surface area (Å²) in [4.78, 5) is 0.704. The second kappa shape index (κ2) is 6.81. The first kappa shape index (κ1) is 13.4. The lowest BCUT2D eigenvalue weighted by atomic mass is 10.3. The van der Waals surface area contributed by atoms with Crippen molar-refractivity contribution in [3.05, 3.63) is 58.8 Å². The molecule has 0 aliphatic heterocycles. The van der Waals surface area contributed by atoms with E-state index in [2.05, 4.69) is 21.2 Å². The van der Waals surface area contributed by atoms with Gasteiger partial charge in [0.1, 0.15) is 5.82 Å². The molecule has 0 aromatic heterocycles. The molecule has 0 bridgehead atoms. The summed E-state index contributed by atoms with van der Waals surface area (Å²) in [6.45, 7) is 0.806. The third-order valence-corrected chi connectivity index (χ3v) is 3.95. The van der Waals surface area contributed by atoms with Gasteiger partial charge in [0.25, 0.3) is 0 Å². The number of hydrogen-bond acceptors (Lipinski definition) is 2. The molecular weight excluding hydrogens is 313 g/mol. The Labute approximate surface area is 119 Å². The van der Waals surface area contributed by atoms with Crippen LogP contribution < -0.4 is 5.32 Å². The summed E-state index contributed by atoms with van der Waals surface area (Å²) in [6.07, 6.45) is 0. The Balaban J connectivity index is 1.76. The zero-order valence-corrected chi connectivity index (χ0v) is 12.1. The average molecular weight is 326 g/mol. The van der Waals surface area contributed by atoms with E-state index >= 15 is 0 Å². The first-order chi connectivity index (χ1) is 8.75. The fourth-order valence-electron chi connectivity index (χ4n) is 1.49. The number of nitrogens with one attached hydrogen (secondary N) is 1. The van der Waals surface area contributed by atoms with Crippen LogP contribution >= 0.6 is 27.7 Å². The fraction of sp³-hybridized carbons (Fsp3) is 0.143. The third-order valence-electron chi connectivity index (χ3n) is 2.37. The van der Waals surface area contributed by atoms with Gasteiger partial charge >= 0.3 is 0 Å². The molecule has 4 heteroatoms. The molecule has 0 radical (unpaired) electrons. The number of rotatable bonds is 5. The Morgan fingerprint density at radius 2 is 1.78 bits per heavy atom. The van der Waals surface area contributed by atoms with Crippen molar-refractivity contribution in [2.75, 3.05) is 17.6 Å². The van der Waals surface area contributed by atoms with E-state index < -0.39 is 0 Å². The van der Waals surface area contributed by atoms with Gasteiger partial charge in [0.2, 0.25) is 0 Å². The lowest BCUT2D eigenvalue weighted by Gasteiger charge is -2.06. The van der Waals surface area contributed by atoms with E-state index in [4.69, 9.17) is 0 Å². The molecule has 0 saturated carbocycles. The maximum atomic E-state index is 13.3. The van der Waals surface area contributed by atoms with Crippen LogP contribution in [0.5, 0.6) is 0 Å². The summed E-state index contributed by atoms with van der Waals surface area (Å²) in [7, 11) is 0. The van der Waals surface area contributed by atoms with Crippen molar-refractivity contribution >= 4 is 33.4 Å². The van der Waals surface area contributed by atoms with E-state index in [0.717, 1.165) is 22.5 Å². The molecule has 0 aliphatic carbocycles. The van der Waals surface area contributed by atoms with Gasteiger partial charge in [0.15, 0.2) is 0 Å². The largest absolute Gasteiger partial charge is 0.384 e. The number of hydrogen-bond donors (Lipinski definition) is 1. The van der Waals surface area contributed by atoms with Crippen molar-refractivity contribution in [3.8, 4) is 0 Å². The molecule has 2 aromatic carbocycles. The molecular formula is C14H13BrFNS. The van der Waals surface area contributed by atoms with Gasteiger partial charge in [-0.25, -0.2) is 4.39 Å². The molecule has 2 aromatic rings. The quantitative estimate of drug-likeness (QED) is 0.626. The van der Waals surface area contributed by atoms with Gasteiger partial charge in [-0.2, -0.15) is 0 Å². The molecule has 94 valence electrons. The van der Waals surface area contributed by atoms with E-state index in [-0.39, 0.29) is 5.82 Å². The Morgan fingerprint density at radius 3 is 2.50 bits per heavy atom. The van der Waals surface area contributed by atoms with Crippen LogP contribution in [0.4, 0.5) is 10.1 Å². The predicted molar refractivity (Wildman–Crippen MR) is 79.8 cm³/mol. The summed E-state index contributed by atoms with van der Waals surface area (Å²) in [6, 6.07) is 14.9. The summed E-state index contributed by atoms with van der Waals surface area (Å²) in [5.41, 5.74) is 1.08. The zero-order chi connectivity index (χ0) is 12.8. The van der Waals surface area contributed by atoms with Gasteiger partial charge in [0, 0.05) is 27.4 Å². The highest BCUT2D eigenvalue weighted by molar-refractivity contribution is 9.10. The minimum absolute atomic E-state index is 0.147. The predicted octanol–water partition coefficient (Wildman–Crippen LogP) is 4.79. The molecule has 0 aliphatic rings. The van der Waals surface area contributed by atoms with Crippen molar-refractivity contribution in [3.63, 3.8) is 0 Å². The number of halogens is 2. The second-order valence-electron chi connectivity index (χ2n) is 3.71. The van der Waals surface area contributed by atoms with Crippen molar-refractivity contribution in [1.29, 1.82) is 0 Å².